The lowest BCUT2D eigenvalue weighted by Crippen LogP contribution is -2.47. The summed E-state index contributed by atoms with van der Waals surface area (Å²) in [4.78, 5) is 14.1. The molecule has 2 fully saturated rings. The molecule has 2 heterocycles. The first-order valence-corrected chi connectivity index (χ1v) is 9.36. The molecule has 1 aromatic carbocycles. The van der Waals surface area contributed by atoms with Crippen LogP contribution in [0.5, 0.6) is 5.75 Å². The van der Waals surface area contributed by atoms with Gasteiger partial charge in [-0.3, -0.25) is 4.79 Å². The highest BCUT2D eigenvalue weighted by molar-refractivity contribution is 6.42. The number of nitrogens with zero attached hydrogens (tertiary/aromatic N) is 1. The van der Waals surface area contributed by atoms with Gasteiger partial charge in [0.25, 0.3) is 5.91 Å². The largest absolute Gasteiger partial charge is 0.507 e. The zero-order chi connectivity index (χ0) is 18.8. The second-order valence-electron chi connectivity index (χ2n) is 6.72. The van der Waals surface area contributed by atoms with E-state index in [4.69, 9.17) is 33.7 Å². The SMILES string of the molecule is NC(=Cc1cc(Cl)c(Cl)cc1O)C1CCN(C(=O)[C@@H]2OCC[C@@H]2O)CC1. The maximum Gasteiger partial charge on any atom is 0.254 e. The van der Waals surface area contributed by atoms with Crippen LogP contribution >= 0.6 is 23.2 Å². The minimum absolute atomic E-state index is 0.0160. The van der Waals surface area contributed by atoms with Crippen LogP contribution in [0.15, 0.2) is 17.8 Å². The Morgan fingerprint density at radius 1 is 1.23 bits per heavy atom. The molecular weight excluding hydrogens is 379 g/mol. The average Bonchev–Trinajstić information content (AvgIpc) is 3.05. The summed E-state index contributed by atoms with van der Waals surface area (Å²) in [6.07, 6.45) is 2.15. The average molecular weight is 401 g/mol. The fraction of sp³-hybridized carbons (Fsp3) is 0.500. The number of ether oxygens (including phenoxy) is 1. The predicted octanol–water partition coefficient (Wildman–Crippen LogP) is 2.39. The number of likely N-dealkylation sites (tertiary alicyclic amines) is 1. The van der Waals surface area contributed by atoms with Gasteiger partial charge in [-0.15, -0.1) is 0 Å². The number of carbonyl (C=O) groups excluding carboxylic acids is 1. The summed E-state index contributed by atoms with van der Waals surface area (Å²) >= 11 is 11.9. The minimum atomic E-state index is -0.743. The van der Waals surface area contributed by atoms with E-state index < -0.39 is 12.2 Å². The quantitative estimate of drug-likeness (QED) is 0.723. The normalized spacial score (nSPS) is 24.9. The van der Waals surface area contributed by atoms with Crippen LogP contribution in [0.2, 0.25) is 10.0 Å². The van der Waals surface area contributed by atoms with E-state index in [1.807, 2.05) is 0 Å². The number of carbonyl (C=O) groups is 1. The van der Waals surface area contributed by atoms with Crippen molar-refractivity contribution in [1.82, 2.24) is 4.90 Å². The van der Waals surface area contributed by atoms with Crippen molar-refractivity contribution in [3.8, 4) is 5.75 Å². The molecule has 0 bridgehead atoms. The molecule has 0 aromatic heterocycles. The zero-order valence-corrected chi connectivity index (χ0v) is 15.7. The molecular formula is C18H22Cl2N2O4. The third kappa shape index (κ3) is 4.09. The van der Waals surface area contributed by atoms with Gasteiger partial charge in [-0.05, 0) is 31.4 Å². The monoisotopic (exact) mass is 400 g/mol. The van der Waals surface area contributed by atoms with Crippen LogP contribution in [-0.4, -0.2) is 52.9 Å². The van der Waals surface area contributed by atoms with E-state index in [0.29, 0.717) is 55.2 Å². The molecule has 0 saturated carbocycles. The summed E-state index contributed by atoms with van der Waals surface area (Å²) in [7, 11) is 0. The molecule has 1 aromatic rings. The molecule has 0 radical (unpaired) electrons. The topological polar surface area (TPSA) is 96.0 Å². The standard InChI is InChI=1S/C18H22Cl2N2O4/c19-12-7-11(16(24)9-13(12)20)8-14(21)10-1-4-22(5-2-10)18(25)17-15(23)3-6-26-17/h7-10,15,17,23-24H,1-6,21H2/t15-,17+/m0/s1. The molecule has 1 amide bonds. The zero-order valence-electron chi connectivity index (χ0n) is 14.2. The first kappa shape index (κ1) is 19.3. The molecule has 2 aliphatic heterocycles. The van der Waals surface area contributed by atoms with Crippen LogP contribution in [-0.2, 0) is 9.53 Å². The van der Waals surface area contributed by atoms with Gasteiger partial charge >= 0.3 is 0 Å². The highest BCUT2D eigenvalue weighted by atomic mass is 35.5. The van der Waals surface area contributed by atoms with Crippen molar-refractivity contribution < 1.29 is 19.7 Å². The smallest absolute Gasteiger partial charge is 0.254 e. The third-order valence-electron chi connectivity index (χ3n) is 4.97. The molecule has 0 spiro atoms. The number of rotatable bonds is 3. The van der Waals surface area contributed by atoms with Gasteiger partial charge in [0.05, 0.1) is 22.8 Å². The number of aliphatic hydroxyl groups is 1. The van der Waals surface area contributed by atoms with Gasteiger partial charge in [-0.1, -0.05) is 23.2 Å². The highest BCUT2D eigenvalue weighted by Crippen LogP contribution is 2.32. The number of phenolic OH excluding ortho intramolecular Hbond substituents is 1. The van der Waals surface area contributed by atoms with Crippen molar-refractivity contribution in [3.63, 3.8) is 0 Å². The maximum absolute atomic E-state index is 12.4. The lowest BCUT2D eigenvalue weighted by Gasteiger charge is -2.34. The third-order valence-corrected chi connectivity index (χ3v) is 5.70. The van der Waals surface area contributed by atoms with Crippen LogP contribution in [0.3, 0.4) is 0 Å². The van der Waals surface area contributed by atoms with Crippen molar-refractivity contribution in [3.05, 3.63) is 33.4 Å². The number of hydrogen-bond acceptors (Lipinski definition) is 5. The number of nitrogens with two attached hydrogens (primary N) is 1. The summed E-state index contributed by atoms with van der Waals surface area (Å²) in [6, 6.07) is 2.96. The first-order valence-electron chi connectivity index (χ1n) is 8.60. The van der Waals surface area contributed by atoms with E-state index >= 15 is 0 Å². The summed E-state index contributed by atoms with van der Waals surface area (Å²) in [5, 5.41) is 20.4. The Labute approximate surface area is 162 Å². The Hall–Kier alpha value is -1.47. The fourth-order valence-corrected chi connectivity index (χ4v) is 3.72. The Balaban J connectivity index is 1.62. The predicted molar refractivity (Wildman–Crippen MR) is 100.0 cm³/mol. The summed E-state index contributed by atoms with van der Waals surface area (Å²) in [6.45, 7) is 1.52. The van der Waals surface area contributed by atoms with Crippen molar-refractivity contribution in [1.29, 1.82) is 0 Å². The maximum atomic E-state index is 12.4. The highest BCUT2D eigenvalue weighted by Gasteiger charge is 2.37. The molecule has 26 heavy (non-hydrogen) atoms. The first-order chi connectivity index (χ1) is 12.4. The number of piperidine rings is 1. The summed E-state index contributed by atoms with van der Waals surface area (Å²) in [5.74, 6) is -0.0391. The van der Waals surface area contributed by atoms with Crippen LogP contribution in [0.4, 0.5) is 0 Å². The number of phenols is 1. The lowest BCUT2D eigenvalue weighted by molar-refractivity contribution is -0.146. The van der Waals surface area contributed by atoms with Gasteiger partial charge in [0.1, 0.15) is 5.75 Å². The van der Waals surface area contributed by atoms with Crippen LogP contribution in [0.25, 0.3) is 6.08 Å². The number of aliphatic hydroxyl groups excluding tert-OH is 1. The molecule has 0 unspecified atom stereocenters. The number of halogens is 2. The van der Waals surface area contributed by atoms with E-state index in [2.05, 4.69) is 0 Å². The summed E-state index contributed by atoms with van der Waals surface area (Å²) in [5.41, 5.74) is 7.35. The molecule has 2 aliphatic rings. The minimum Gasteiger partial charge on any atom is -0.507 e. The molecule has 6 nitrogen and oxygen atoms in total. The van der Waals surface area contributed by atoms with Crippen molar-refractivity contribution in [2.75, 3.05) is 19.7 Å². The van der Waals surface area contributed by atoms with E-state index in [1.165, 1.54) is 6.07 Å². The number of aromatic hydroxyl groups is 1. The molecule has 4 N–H and O–H groups in total. The van der Waals surface area contributed by atoms with Crippen LogP contribution < -0.4 is 5.73 Å². The van der Waals surface area contributed by atoms with E-state index in [1.54, 1.807) is 17.0 Å². The van der Waals surface area contributed by atoms with E-state index in [9.17, 15) is 15.0 Å². The Kier molecular flexibility index (Phi) is 5.97. The fourth-order valence-electron chi connectivity index (χ4n) is 3.39. The molecule has 2 saturated heterocycles. The Bertz CT molecular complexity index is 717. The second-order valence-corrected chi connectivity index (χ2v) is 7.53. The van der Waals surface area contributed by atoms with Gasteiger partial charge < -0.3 is 25.6 Å². The van der Waals surface area contributed by atoms with Crippen molar-refractivity contribution in [2.24, 2.45) is 11.7 Å². The van der Waals surface area contributed by atoms with Gasteiger partial charge in [0.15, 0.2) is 6.10 Å². The van der Waals surface area contributed by atoms with Crippen LogP contribution in [0.1, 0.15) is 24.8 Å². The molecule has 142 valence electrons. The van der Waals surface area contributed by atoms with Crippen LogP contribution in [0, 0.1) is 5.92 Å². The number of allylic oxidation sites excluding steroid dienone is 1. The van der Waals surface area contributed by atoms with Gasteiger partial charge in [-0.25, -0.2) is 0 Å². The Morgan fingerprint density at radius 2 is 1.88 bits per heavy atom. The van der Waals surface area contributed by atoms with E-state index in [-0.39, 0.29) is 22.6 Å². The van der Waals surface area contributed by atoms with Gasteiger partial charge in [0.2, 0.25) is 0 Å². The number of hydrogen-bond donors (Lipinski definition) is 3. The van der Waals surface area contributed by atoms with E-state index in [0.717, 1.165) is 0 Å². The molecule has 8 heteroatoms. The molecule has 2 atom stereocenters. The van der Waals surface area contributed by atoms with Crippen molar-refractivity contribution in [2.45, 2.75) is 31.5 Å². The summed E-state index contributed by atoms with van der Waals surface area (Å²) < 4.78 is 5.34. The number of amides is 1. The molecule has 3 rings (SSSR count). The Morgan fingerprint density at radius 3 is 2.50 bits per heavy atom. The van der Waals surface area contributed by atoms with Gasteiger partial charge in [0, 0.05) is 36.3 Å². The van der Waals surface area contributed by atoms with Gasteiger partial charge in [-0.2, -0.15) is 0 Å². The lowest BCUT2D eigenvalue weighted by atomic mass is 9.92. The second kappa shape index (κ2) is 8.05. The number of benzene rings is 1. The molecule has 0 aliphatic carbocycles. The van der Waals surface area contributed by atoms with Crippen molar-refractivity contribution >= 4 is 35.2 Å².